The first-order chi connectivity index (χ1) is 64.1. The van der Waals surface area contributed by atoms with Gasteiger partial charge in [0.15, 0.2) is 59.2 Å². The molecule has 0 radical (unpaired) electrons. The van der Waals surface area contributed by atoms with E-state index < -0.39 is 122 Å². The molecule has 15 N–H and O–H groups in total. The Morgan fingerprint density at radius 3 is 1.01 bits per heavy atom. The van der Waals surface area contributed by atoms with Gasteiger partial charge in [-0.05, 0) is 149 Å². The predicted octanol–water partition coefficient (Wildman–Crippen LogP) is -1.71. The number of nitrogen functional groups attached to an aromatic ring is 2. The molecule has 764 valence electrons. The van der Waals surface area contributed by atoms with Crippen LogP contribution >= 0.6 is 47.3 Å². The number of hydrogen-bond donors (Lipinski definition) is 13. The average molecular weight is 2040 g/mol. The zero-order valence-electron chi connectivity index (χ0n) is 80.3. The maximum absolute atomic E-state index is 13.2. The van der Waals surface area contributed by atoms with Gasteiger partial charge in [0.25, 0.3) is 23.5 Å². The van der Waals surface area contributed by atoms with Gasteiger partial charge in [-0.15, -0.1) is 8.62 Å². The first kappa shape index (κ1) is 123. The minimum absolute atomic E-state index is 0.0301. The number of carbonyl (C=O) groups excluding carboxylic acids is 4. The van der Waals surface area contributed by atoms with Gasteiger partial charge in [0, 0.05) is 22.3 Å². The van der Waals surface area contributed by atoms with E-state index in [9.17, 15) is 86.5 Å². The van der Waals surface area contributed by atoms with Gasteiger partial charge in [-0.1, -0.05) is 84.9 Å². The van der Waals surface area contributed by atoms with Gasteiger partial charge < -0.3 is 118 Å². The summed E-state index contributed by atoms with van der Waals surface area (Å²) in [4.78, 5) is 181. The fourth-order valence-corrected chi connectivity index (χ4v) is 19.2. The Hall–Kier alpha value is -7.56. The number of phosphoric acid groups is 6. The van der Waals surface area contributed by atoms with E-state index in [1.165, 1.54) is 175 Å². The summed E-state index contributed by atoms with van der Waals surface area (Å²) in [7, 11) is -35.9. The van der Waals surface area contributed by atoms with Crippen LogP contribution in [-0.4, -0.2) is 255 Å². The molecule has 0 bridgehead atoms. The number of carbonyl (C=O) groups is 4. The molecule has 136 heavy (non-hydrogen) atoms. The molecule has 4 aromatic carbocycles. The highest BCUT2D eigenvalue weighted by atomic mass is 31.3. The van der Waals surface area contributed by atoms with Crippen LogP contribution in [0.2, 0.25) is 0 Å². The average Bonchev–Trinajstić information content (AvgIpc) is 1.62. The predicted molar refractivity (Wildman–Crippen MR) is 494 cm³/mol. The summed E-state index contributed by atoms with van der Waals surface area (Å²) in [5.41, 5.74) is 13.2. The third kappa shape index (κ3) is 41.7. The summed E-state index contributed by atoms with van der Waals surface area (Å²) < 4.78 is 105. The van der Waals surface area contributed by atoms with Crippen LogP contribution in [0.1, 0.15) is 190 Å². The molecular weight excluding hydrogens is 1900 g/mol. The maximum atomic E-state index is 13.2. The summed E-state index contributed by atoms with van der Waals surface area (Å²) in [5, 5.41) is 22.3. The molecule has 2 fully saturated rings. The topological polar surface area (TPSA) is 651 Å². The third-order valence-electron chi connectivity index (χ3n) is 21.9. The summed E-state index contributed by atoms with van der Waals surface area (Å²) >= 11 is 0. The molecule has 0 saturated carbocycles. The van der Waals surface area contributed by atoms with E-state index in [-0.39, 0.29) is 67.8 Å². The number of nitrogens with two attached hydrogens (primary N) is 2. The molecule has 10 rings (SSSR count). The number of aliphatic hydroxyl groups excluding tert-OH is 2. The number of ketones is 2. The van der Waals surface area contributed by atoms with Crippen molar-refractivity contribution in [3.63, 3.8) is 0 Å². The standard InChI is InChI=1S/2C24H24N5O15P3.6C6H15N/c25-21-17-22(27-11-26-21)29(12-28-17)23-19(31)20(16(41-23)10-40-46(36,37)44-47(38,39)43-45(33,34)35)42-24(32)15-8-6-14(7-9-15)18(30)13-4-2-1-3-5-13;25-21-17-22(27-11-26-21)29(12-28-17)23-20(19(31)16(41-23)10-40-46(36,37)44-47(38,39)43-45(33,34)35)42-24(32)15-8-6-14(7-9-15)18(30)13-4-2-1-3-5-13;6*1-4-7(5-2)6-3/h2*1-9,11-12,16,19-20,23,31H,10H2,(H,36,37)(H,38,39)(H2,25,26,27)(H2,33,34,35);6*4-6H2,1-3H3/p+1/t2*16-,19-,20-,23-;;;;;;/m11....../s1. The number of nitrogens with zero attached hydrogens (tertiary/aromatic N) is 8. The van der Waals surface area contributed by atoms with E-state index in [4.69, 9.17) is 40.2 Å². The highest BCUT2D eigenvalue weighted by Crippen LogP contribution is 2.67. The molecule has 6 heterocycles. The van der Waals surface area contributed by atoms with E-state index in [2.05, 4.69) is 181 Å². The van der Waals surface area contributed by atoms with Gasteiger partial charge in [-0.2, -0.15) is 4.89 Å². The van der Waals surface area contributed by atoms with E-state index in [0.29, 0.717) is 11.1 Å². The normalized spacial score (nSPS) is 19.4. The smallest absolute Gasteiger partial charge is 0.395 e. The zero-order valence-corrected chi connectivity index (χ0v) is 85.7. The van der Waals surface area contributed by atoms with Crippen molar-refractivity contribution < 1.29 is 171 Å². The molecule has 46 nitrogen and oxygen atoms in total. The number of phosphoric ester groups is 2. The molecule has 2 aliphatic rings. The van der Waals surface area contributed by atoms with Crippen LogP contribution in [0.15, 0.2) is 135 Å². The van der Waals surface area contributed by atoms with Gasteiger partial charge in [0.1, 0.15) is 48.1 Å². The summed E-state index contributed by atoms with van der Waals surface area (Å²) in [5.74, 6) is -2.74. The van der Waals surface area contributed by atoms with Crippen molar-refractivity contribution in [3.05, 3.63) is 168 Å². The highest BCUT2D eigenvalue weighted by molar-refractivity contribution is 7.68. The molecule has 8 aromatic rings. The van der Waals surface area contributed by atoms with Crippen molar-refractivity contribution in [1.29, 1.82) is 0 Å². The number of nitrogens with one attached hydrogen (secondary N) is 6. The maximum Gasteiger partial charge on any atom is 0.395 e. The van der Waals surface area contributed by atoms with Crippen LogP contribution in [0.5, 0.6) is 0 Å². The van der Waals surface area contributed by atoms with Crippen LogP contribution in [0.3, 0.4) is 0 Å². The highest BCUT2D eigenvalue weighted by Gasteiger charge is 2.51. The number of aromatic nitrogens is 8. The summed E-state index contributed by atoms with van der Waals surface area (Å²) in [6.07, 6.45) is -8.73. The van der Waals surface area contributed by atoms with E-state index >= 15 is 0 Å². The van der Waals surface area contributed by atoms with E-state index in [0.717, 1.165) is 25.3 Å². The van der Waals surface area contributed by atoms with Crippen LogP contribution in [0, 0.1) is 0 Å². The monoisotopic (exact) mass is 2040 g/mol. The molecule has 6 unspecified atom stereocenters. The lowest BCUT2D eigenvalue weighted by atomic mass is 10.0. The molecule has 14 atom stereocenters. The SMILES string of the molecule is CC[NH+](CC)CC.CC[NH+](CC)CC.CC[NH+](CC)CC.CC[NH+](CC)CC.CC[NH+](CC)CC.CC[NH+](CC)CC.Nc1ncnc2c1ncn2[C@@H]1O[C@H](COP(=O)([O-])OP(=O)([O-])OP(=O)([O-])O)[C@@H](OC(=O)c2ccc(C(=O)c3ccccc3)cc2)[C@H]1O.Nc1ncnc2c1ncn2[C@@H]1O[C@H](COP(=O)([O-])O[P+]([O-])(O)OP(=O)([O-])O)[C@@H](O)[C@H]1OC(=O)c1ccc(C(=O)c2ccccc2)cc1. The van der Waals surface area contributed by atoms with Crippen molar-refractivity contribution in [3.8, 4) is 0 Å². The quantitative estimate of drug-likeness (QED) is 0.0115. The first-order valence-electron chi connectivity index (χ1n) is 45.0. The largest absolute Gasteiger partial charge is 0.756 e. The Morgan fingerprint density at radius 1 is 0.390 bits per heavy atom. The van der Waals surface area contributed by atoms with Gasteiger partial charge >= 0.3 is 35.8 Å². The number of hydrogen-bond acceptors (Lipinski definition) is 36. The molecule has 2 saturated heterocycles. The number of fused-ring (bicyclic) bond motifs is 2. The zero-order chi connectivity index (χ0) is 102. The molecule has 2 aliphatic heterocycles. The number of quaternary nitrogens is 6. The summed E-state index contributed by atoms with van der Waals surface area (Å²) in [6, 6.07) is 27.4. The Kier molecular flexibility index (Phi) is 55.2. The number of anilines is 2. The second-order valence-corrected chi connectivity index (χ2v) is 38.7. The van der Waals surface area contributed by atoms with Crippen molar-refractivity contribution in [2.24, 2.45) is 0 Å². The minimum Gasteiger partial charge on any atom is -0.756 e. The molecule has 0 spiro atoms. The van der Waals surface area contributed by atoms with Gasteiger partial charge in [-0.3, -0.25) is 41.5 Å². The number of benzene rings is 4. The van der Waals surface area contributed by atoms with E-state index in [1.54, 1.807) is 90.1 Å². The Balaban J connectivity index is 0.000000492. The molecular formula is C84H139N16O30P6+. The van der Waals surface area contributed by atoms with Crippen LogP contribution in [-0.2, 0) is 68.1 Å². The number of esters is 2. The van der Waals surface area contributed by atoms with Crippen molar-refractivity contribution in [2.75, 3.05) is 142 Å². The molecule has 0 aliphatic carbocycles. The second-order valence-electron chi connectivity index (χ2n) is 30.1. The van der Waals surface area contributed by atoms with Gasteiger partial charge in [0.05, 0.1) is 155 Å². The number of aliphatic hydroxyl groups is 2. The van der Waals surface area contributed by atoms with Crippen LogP contribution in [0.25, 0.3) is 22.3 Å². The number of rotatable bonds is 42. The Morgan fingerprint density at radius 2 is 0.691 bits per heavy atom. The summed E-state index contributed by atoms with van der Waals surface area (Å²) in [6.45, 7) is 60.6. The van der Waals surface area contributed by atoms with Crippen LogP contribution in [0.4, 0.5) is 11.6 Å². The van der Waals surface area contributed by atoms with Gasteiger partial charge in [-0.25, -0.2) is 48.1 Å². The fourth-order valence-electron chi connectivity index (χ4n) is 13.4. The van der Waals surface area contributed by atoms with Crippen molar-refractivity contribution in [1.82, 2.24) is 39.0 Å². The molecule has 0 amide bonds. The first-order valence-corrected chi connectivity index (χ1v) is 53.9. The second kappa shape index (κ2) is 61.2. The minimum atomic E-state index is -6.22. The van der Waals surface area contributed by atoms with E-state index in [1.807, 2.05) is 0 Å². The number of ether oxygens (including phenoxy) is 4. The van der Waals surface area contributed by atoms with Gasteiger partial charge in [0.2, 0.25) is 0 Å². The van der Waals surface area contributed by atoms with Crippen molar-refractivity contribution >= 4 is 105 Å². The lowest BCUT2D eigenvalue weighted by Crippen LogP contribution is -3.11. The third-order valence-corrected chi connectivity index (χ3v) is 29.3. The fraction of sp³-hybridized carbons (Fsp3) is 0.548. The van der Waals surface area contributed by atoms with Crippen molar-refractivity contribution in [2.45, 2.75) is 174 Å². The Labute approximate surface area is 794 Å². The molecule has 52 heteroatoms. The number of imidazole rings is 2. The lowest BCUT2D eigenvalue weighted by molar-refractivity contribution is -0.894. The lowest BCUT2D eigenvalue weighted by Gasteiger charge is -2.33. The Bertz CT molecular complexity index is 4950. The van der Waals surface area contributed by atoms with Crippen LogP contribution < -0.4 is 70.2 Å². The molecule has 4 aromatic heterocycles.